The average molecular weight is 461 g/mol. The Labute approximate surface area is 192 Å². The Morgan fingerprint density at radius 1 is 1.00 bits per heavy atom. The molecule has 0 unspecified atom stereocenters. The van der Waals surface area contributed by atoms with Gasteiger partial charge in [-0.3, -0.25) is 0 Å². The lowest BCUT2D eigenvalue weighted by atomic mass is 9.99. The molecule has 8 heteroatoms. The Hall–Kier alpha value is -1.48. The Bertz CT molecular complexity index is 1080. The predicted octanol–water partition coefficient (Wildman–Crippen LogP) is 4.22. The van der Waals surface area contributed by atoms with Crippen LogP contribution in [0.4, 0.5) is 5.82 Å². The SMILES string of the molecule is CSc1nc(N(C[C@H](C)O)C[C@H](C)O)c2sc3nc(CC(C)C)c4c(c3c2n1)CCC4. The highest BCUT2D eigenvalue weighted by Gasteiger charge is 2.27. The number of hydrogen-bond acceptors (Lipinski definition) is 8. The number of rotatable bonds is 8. The quantitative estimate of drug-likeness (QED) is 0.385. The van der Waals surface area contributed by atoms with Crippen LogP contribution in [0.5, 0.6) is 0 Å². The molecule has 0 radical (unpaired) electrons. The number of fused-ring (bicyclic) bond motifs is 5. The average Bonchev–Trinajstić information content (AvgIpc) is 3.29. The van der Waals surface area contributed by atoms with Gasteiger partial charge in [0.15, 0.2) is 11.0 Å². The molecular formula is C23H32N4O2S2. The highest BCUT2D eigenvalue weighted by Crippen LogP contribution is 2.43. The summed E-state index contributed by atoms with van der Waals surface area (Å²) in [6.45, 7) is 8.83. The highest BCUT2D eigenvalue weighted by atomic mass is 32.2. The summed E-state index contributed by atoms with van der Waals surface area (Å²) in [5.74, 6) is 1.35. The van der Waals surface area contributed by atoms with Gasteiger partial charge in [0, 0.05) is 24.2 Å². The van der Waals surface area contributed by atoms with Crippen molar-refractivity contribution in [1.82, 2.24) is 15.0 Å². The third-order valence-electron chi connectivity index (χ3n) is 5.63. The van der Waals surface area contributed by atoms with Crippen molar-refractivity contribution < 1.29 is 10.2 Å². The fraction of sp³-hybridized carbons (Fsp3) is 0.609. The van der Waals surface area contributed by atoms with Crippen LogP contribution in [-0.2, 0) is 19.3 Å². The number of pyridine rings is 1. The second-order valence-electron chi connectivity index (χ2n) is 9.06. The number of nitrogens with zero attached hydrogens (tertiary/aromatic N) is 4. The van der Waals surface area contributed by atoms with E-state index in [1.165, 1.54) is 40.4 Å². The van der Waals surface area contributed by atoms with E-state index in [4.69, 9.17) is 15.0 Å². The lowest BCUT2D eigenvalue weighted by Crippen LogP contribution is -2.37. The maximum atomic E-state index is 10.1. The standard InChI is InChI=1S/C23H32N4O2S2/c1-12(2)9-17-15-7-6-8-16(15)18-19-20(31-22(18)24-17)21(26-23(25-19)30-5)27(10-13(3)28)11-14(4)29/h12-14,28-29H,6-11H2,1-5H3/t13-,14-/m0/s1. The van der Waals surface area contributed by atoms with Crippen LogP contribution in [0, 0.1) is 5.92 Å². The van der Waals surface area contributed by atoms with Crippen LogP contribution in [0.2, 0.25) is 0 Å². The van der Waals surface area contributed by atoms with Crippen molar-refractivity contribution >= 4 is 49.3 Å². The molecule has 4 rings (SSSR count). The zero-order chi connectivity index (χ0) is 22.3. The van der Waals surface area contributed by atoms with Crippen molar-refractivity contribution in [3.63, 3.8) is 0 Å². The fourth-order valence-electron chi connectivity index (χ4n) is 4.56. The number of aliphatic hydroxyl groups excluding tert-OH is 2. The van der Waals surface area contributed by atoms with Gasteiger partial charge in [0.25, 0.3) is 0 Å². The van der Waals surface area contributed by atoms with Crippen LogP contribution < -0.4 is 4.90 Å². The van der Waals surface area contributed by atoms with Crippen molar-refractivity contribution in [3.05, 3.63) is 16.8 Å². The summed E-state index contributed by atoms with van der Waals surface area (Å²) in [7, 11) is 0. The van der Waals surface area contributed by atoms with Crippen LogP contribution >= 0.6 is 23.1 Å². The number of aryl methyl sites for hydroxylation is 1. The molecule has 1 aliphatic rings. The third-order valence-corrected chi connectivity index (χ3v) is 7.25. The predicted molar refractivity (Wildman–Crippen MR) is 131 cm³/mol. The number of anilines is 1. The Kier molecular flexibility index (Phi) is 6.72. The largest absolute Gasteiger partial charge is 0.392 e. The van der Waals surface area contributed by atoms with E-state index < -0.39 is 12.2 Å². The zero-order valence-corrected chi connectivity index (χ0v) is 20.6. The minimum absolute atomic E-state index is 0.406. The molecule has 0 saturated carbocycles. The lowest BCUT2D eigenvalue weighted by Gasteiger charge is -2.27. The van der Waals surface area contributed by atoms with Crippen molar-refractivity contribution in [3.8, 4) is 0 Å². The van der Waals surface area contributed by atoms with E-state index in [9.17, 15) is 10.2 Å². The third kappa shape index (κ3) is 4.53. The maximum absolute atomic E-state index is 10.1. The Morgan fingerprint density at radius 2 is 1.68 bits per heavy atom. The van der Waals surface area contributed by atoms with Crippen LogP contribution in [0.1, 0.15) is 50.9 Å². The van der Waals surface area contributed by atoms with Gasteiger partial charge < -0.3 is 15.1 Å². The van der Waals surface area contributed by atoms with Crippen LogP contribution in [0.15, 0.2) is 5.16 Å². The normalized spacial score (nSPS) is 15.7. The maximum Gasteiger partial charge on any atom is 0.189 e. The molecule has 2 N–H and O–H groups in total. The Morgan fingerprint density at radius 3 is 2.29 bits per heavy atom. The molecule has 0 fully saturated rings. The molecule has 6 nitrogen and oxygen atoms in total. The molecule has 0 aromatic carbocycles. The minimum Gasteiger partial charge on any atom is -0.392 e. The summed E-state index contributed by atoms with van der Waals surface area (Å²) >= 11 is 3.17. The first-order chi connectivity index (χ1) is 14.8. The second kappa shape index (κ2) is 9.17. The van der Waals surface area contributed by atoms with Gasteiger partial charge in [-0.1, -0.05) is 25.6 Å². The number of thioether (sulfide) groups is 1. The molecule has 0 spiro atoms. The molecule has 3 heterocycles. The Balaban J connectivity index is 1.99. The van der Waals surface area contributed by atoms with Crippen molar-refractivity contribution in [2.75, 3.05) is 24.2 Å². The molecule has 1 aliphatic carbocycles. The molecule has 3 aromatic rings. The first kappa shape index (κ1) is 22.7. The highest BCUT2D eigenvalue weighted by molar-refractivity contribution is 7.98. The number of aromatic nitrogens is 3. The monoisotopic (exact) mass is 460 g/mol. The molecule has 2 atom stereocenters. The number of aliphatic hydroxyl groups is 2. The molecule has 0 aliphatic heterocycles. The summed E-state index contributed by atoms with van der Waals surface area (Å²) < 4.78 is 0.998. The van der Waals surface area contributed by atoms with Crippen molar-refractivity contribution in [1.29, 1.82) is 0 Å². The summed E-state index contributed by atoms with van der Waals surface area (Å²) in [4.78, 5) is 17.9. The van der Waals surface area contributed by atoms with Gasteiger partial charge in [-0.05, 0) is 62.8 Å². The molecule has 0 saturated heterocycles. The zero-order valence-electron chi connectivity index (χ0n) is 19.0. The lowest BCUT2D eigenvalue weighted by molar-refractivity contribution is 0.178. The van der Waals surface area contributed by atoms with Gasteiger partial charge >= 0.3 is 0 Å². The van der Waals surface area contributed by atoms with Crippen LogP contribution in [-0.4, -0.2) is 56.7 Å². The molecule has 3 aromatic heterocycles. The van der Waals surface area contributed by atoms with Gasteiger partial charge in [0.2, 0.25) is 0 Å². The summed E-state index contributed by atoms with van der Waals surface area (Å²) in [5, 5.41) is 22.1. The van der Waals surface area contributed by atoms with Crippen LogP contribution in [0.3, 0.4) is 0 Å². The van der Waals surface area contributed by atoms with E-state index in [-0.39, 0.29) is 0 Å². The molecule has 31 heavy (non-hydrogen) atoms. The van der Waals surface area contributed by atoms with Gasteiger partial charge in [-0.2, -0.15) is 0 Å². The number of hydrogen-bond donors (Lipinski definition) is 2. The number of thiophene rings is 1. The van der Waals surface area contributed by atoms with Crippen LogP contribution in [0.25, 0.3) is 20.4 Å². The molecule has 0 bridgehead atoms. The van der Waals surface area contributed by atoms with Gasteiger partial charge in [0.05, 0.1) is 22.4 Å². The van der Waals surface area contributed by atoms with Crippen molar-refractivity contribution in [2.45, 2.75) is 70.7 Å². The van der Waals surface area contributed by atoms with E-state index in [2.05, 4.69) is 13.8 Å². The summed E-state index contributed by atoms with van der Waals surface area (Å²) in [5.41, 5.74) is 5.06. The van der Waals surface area contributed by atoms with Gasteiger partial charge in [-0.25, -0.2) is 15.0 Å². The molecule has 0 amide bonds. The second-order valence-corrected chi connectivity index (χ2v) is 10.8. The minimum atomic E-state index is -0.532. The first-order valence-electron chi connectivity index (χ1n) is 11.1. The van der Waals surface area contributed by atoms with Gasteiger partial charge in [0.1, 0.15) is 4.83 Å². The van der Waals surface area contributed by atoms with E-state index in [0.29, 0.717) is 24.2 Å². The topological polar surface area (TPSA) is 82.4 Å². The van der Waals surface area contributed by atoms with E-state index in [1.807, 2.05) is 11.2 Å². The summed E-state index contributed by atoms with van der Waals surface area (Å²) in [6, 6.07) is 0. The van der Waals surface area contributed by atoms with Gasteiger partial charge in [-0.15, -0.1) is 11.3 Å². The van der Waals surface area contributed by atoms with E-state index in [1.54, 1.807) is 25.2 Å². The smallest absolute Gasteiger partial charge is 0.189 e. The fourth-order valence-corrected chi connectivity index (χ4v) is 6.10. The molecular weight excluding hydrogens is 428 g/mol. The first-order valence-corrected chi connectivity index (χ1v) is 13.1. The van der Waals surface area contributed by atoms with Crippen molar-refractivity contribution in [2.24, 2.45) is 5.92 Å². The molecule has 168 valence electrons. The van der Waals surface area contributed by atoms with E-state index in [0.717, 1.165) is 40.1 Å². The summed E-state index contributed by atoms with van der Waals surface area (Å²) in [6.07, 6.45) is 5.26. The van der Waals surface area contributed by atoms with E-state index >= 15 is 0 Å².